The van der Waals surface area contributed by atoms with Crippen LogP contribution >= 0.6 is 0 Å². The van der Waals surface area contributed by atoms with Crippen molar-refractivity contribution in [3.05, 3.63) is 217 Å². The summed E-state index contributed by atoms with van der Waals surface area (Å²) in [5, 5.41) is 7.42. The SMILES string of the molecule is CCCCc1ccc(-n2c3ccccc3c3cc(N(c4ccc5c(c4)c4ccccc4n5-c4ccc(CCCC)cc4)c4ccc5c(c4)c4ccccc4n5-c4ccc(CCCC)cc4)ccc32)cc1. The molecule has 0 N–H and O–H groups in total. The topological polar surface area (TPSA) is 18.0 Å². The number of rotatable bonds is 15. The number of benzene rings is 9. The normalized spacial score (nSPS) is 11.9. The van der Waals surface area contributed by atoms with Gasteiger partial charge in [0.1, 0.15) is 0 Å². The minimum atomic E-state index is 1.11. The van der Waals surface area contributed by atoms with Crippen molar-refractivity contribution in [2.45, 2.75) is 78.6 Å². The van der Waals surface area contributed by atoms with Crippen molar-refractivity contribution in [3.8, 4) is 17.1 Å². The Morgan fingerprint density at radius 2 is 0.557 bits per heavy atom. The van der Waals surface area contributed by atoms with Gasteiger partial charge in [0.15, 0.2) is 0 Å². The van der Waals surface area contributed by atoms with Crippen LogP contribution in [0, 0.1) is 0 Å². The van der Waals surface area contributed by atoms with Crippen LogP contribution in [0.2, 0.25) is 0 Å². The molecule has 4 nitrogen and oxygen atoms in total. The van der Waals surface area contributed by atoms with Gasteiger partial charge in [0.05, 0.1) is 33.1 Å². The van der Waals surface area contributed by atoms with Crippen LogP contribution in [0.1, 0.15) is 76.0 Å². The second-order valence-corrected chi connectivity index (χ2v) is 19.3. The highest BCUT2D eigenvalue weighted by molar-refractivity contribution is 6.14. The Bertz CT molecular complexity index is 3420. The van der Waals surface area contributed by atoms with Crippen LogP contribution in [0.3, 0.4) is 0 Å². The van der Waals surface area contributed by atoms with Crippen LogP contribution in [0.4, 0.5) is 17.1 Å². The Hall–Kier alpha value is -7.82. The van der Waals surface area contributed by atoms with E-state index in [0.29, 0.717) is 0 Å². The summed E-state index contributed by atoms with van der Waals surface area (Å²) in [6.45, 7) is 6.79. The van der Waals surface area contributed by atoms with Crippen molar-refractivity contribution in [2.24, 2.45) is 0 Å². The van der Waals surface area contributed by atoms with E-state index in [1.807, 2.05) is 0 Å². The molecule has 3 aromatic heterocycles. The molecule has 0 amide bonds. The molecule has 3 heterocycles. The molecule has 0 aliphatic heterocycles. The highest BCUT2D eigenvalue weighted by Crippen LogP contribution is 2.44. The van der Waals surface area contributed by atoms with E-state index in [1.165, 1.54) is 138 Å². The minimum absolute atomic E-state index is 1.11. The van der Waals surface area contributed by atoms with Gasteiger partial charge in [0, 0.05) is 66.4 Å². The van der Waals surface area contributed by atoms with E-state index in [0.717, 1.165) is 36.3 Å². The molecule has 0 aliphatic carbocycles. The lowest BCUT2D eigenvalue weighted by Crippen LogP contribution is -2.10. The largest absolute Gasteiger partial charge is 0.310 e. The zero-order valence-electron chi connectivity index (χ0n) is 40.7. The summed E-state index contributed by atoms with van der Waals surface area (Å²) in [4.78, 5) is 2.48. The molecule has 0 atom stereocenters. The van der Waals surface area contributed by atoms with Crippen molar-refractivity contribution in [3.63, 3.8) is 0 Å². The van der Waals surface area contributed by atoms with Crippen molar-refractivity contribution in [1.29, 1.82) is 0 Å². The third kappa shape index (κ3) is 7.63. The maximum atomic E-state index is 2.48. The first-order valence-corrected chi connectivity index (χ1v) is 25.8. The summed E-state index contributed by atoms with van der Waals surface area (Å²) in [6, 6.07) is 75.6. The first kappa shape index (κ1) is 43.5. The van der Waals surface area contributed by atoms with Gasteiger partial charge >= 0.3 is 0 Å². The Kier molecular flexibility index (Phi) is 11.5. The lowest BCUT2D eigenvalue weighted by molar-refractivity contribution is 0.795. The van der Waals surface area contributed by atoms with Crippen LogP contribution in [0.25, 0.3) is 82.5 Å². The van der Waals surface area contributed by atoms with Crippen LogP contribution in [-0.4, -0.2) is 13.7 Å². The third-order valence-corrected chi connectivity index (χ3v) is 14.8. The first-order chi connectivity index (χ1) is 34.6. The smallest absolute Gasteiger partial charge is 0.0542 e. The quantitative estimate of drug-likeness (QED) is 0.100. The van der Waals surface area contributed by atoms with Gasteiger partial charge in [-0.1, -0.05) is 131 Å². The predicted octanol–water partition coefficient (Wildman–Crippen LogP) is 18.5. The van der Waals surface area contributed by atoms with E-state index in [-0.39, 0.29) is 0 Å². The molecular weight excluding hydrogens is 849 g/mol. The molecule has 12 aromatic rings. The predicted molar refractivity (Wildman–Crippen MR) is 300 cm³/mol. The number of unbranched alkanes of at least 4 members (excludes halogenated alkanes) is 3. The van der Waals surface area contributed by atoms with Crippen molar-refractivity contribution in [2.75, 3.05) is 4.90 Å². The number of fused-ring (bicyclic) bond motifs is 9. The zero-order valence-corrected chi connectivity index (χ0v) is 40.7. The third-order valence-electron chi connectivity index (χ3n) is 14.8. The summed E-state index contributed by atoms with van der Waals surface area (Å²) in [6.07, 6.45) is 10.5. The maximum absolute atomic E-state index is 2.48. The molecule has 0 saturated carbocycles. The summed E-state index contributed by atoms with van der Waals surface area (Å²) in [5.74, 6) is 0. The van der Waals surface area contributed by atoms with E-state index < -0.39 is 0 Å². The summed E-state index contributed by atoms with van der Waals surface area (Å²) >= 11 is 0. The van der Waals surface area contributed by atoms with Gasteiger partial charge in [-0.25, -0.2) is 0 Å². The molecule has 0 spiro atoms. The van der Waals surface area contributed by atoms with Gasteiger partial charge in [-0.15, -0.1) is 0 Å². The molecule has 70 heavy (non-hydrogen) atoms. The second kappa shape index (κ2) is 18.6. The number of aryl methyl sites for hydroxylation is 3. The first-order valence-electron chi connectivity index (χ1n) is 25.8. The molecule has 12 rings (SSSR count). The fourth-order valence-corrected chi connectivity index (χ4v) is 11.2. The van der Waals surface area contributed by atoms with Gasteiger partial charge in [0.2, 0.25) is 0 Å². The summed E-state index contributed by atoms with van der Waals surface area (Å²) in [5.41, 5.74) is 18.3. The standard InChI is InChI=1S/C66H60N4/c1-4-7-16-46-25-31-49(32-26-46)68-61-22-13-10-19-55(61)58-43-52(37-40-64(58)68)67(53-38-41-65-59(44-53)56-20-11-14-23-62(56)69(65)50-33-27-47(28-34-50)17-8-5-2)54-39-42-66-60(45-54)57-21-12-15-24-63(57)70(66)51-35-29-48(30-36-51)18-9-6-3/h10-15,19-45H,4-9,16-18H2,1-3H3. The zero-order chi connectivity index (χ0) is 47.1. The average Bonchev–Trinajstić information content (AvgIpc) is 4.05. The molecule has 9 aromatic carbocycles. The van der Waals surface area contributed by atoms with Crippen LogP contribution in [0.5, 0.6) is 0 Å². The van der Waals surface area contributed by atoms with Gasteiger partial charge < -0.3 is 18.6 Å². The lowest BCUT2D eigenvalue weighted by atomic mass is 10.1. The molecular formula is C66H60N4. The number of nitrogens with zero attached hydrogens (tertiary/aromatic N) is 4. The van der Waals surface area contributed by atoms with Gasteiger partial charge in [-0.3, -0.25) is 0 Å². The Balaban J connectivity index is 1.05. The minimum Gasteiger partial charge on any atom is -0.310 e. The Morgan fingerprint density at radius 3 is 0.843 bits per heavy atom. The lowest BCUT2D eigenvalue weighted by Gasteiger charge is -2.26. The number of hydrogen-bond donors (Lipinski definition) is 0. The number of anilines is 3. The Morgan fingerprint density at radius 1 is 0.286 bits per heavy atom. The highest BCUT2D eigenvalue weighted by atomic mass is 15.1. The molecule has 0 aliphatic rings. The summed E-state index contributed by atoms with van der Waals surface area (Å²) in [7, 11) is 0. The molecule has 0 radical (unpaired) electrons. The number of aromatic nitrogens is 3. The average molecular weight is 909 g/mol. The van der Waals surface area contributed by atoms with E-state index in [9.17, 15) is 0 Å². The fraction of sp³-hybridized carbons (Fsp3) is 0.182. The van der Waals surface area contributed by atoms with E-state index in [4.69, 9.17) is 0 Å². The molecule has 0 saturated heterocycles. The van der Waals surface area contributed by atoms with E-state index >= 15 is 0 Å². The van der Waals surface area contributed by atoms with Crippen LogP contribution in [-0.2, 0) is 19.3 Å². The maximum Gasteiger partial charge on any atom is 0.0542 e. The molecule has 4 heteroatoms. The van der Waals surface area contributed by atoms with Crippen molar-refractivity contribution in [1.82, 2.24) is 13.7 Å². The van der Waals surface area contributed by atoms with Crippen LogP contribution < -0.4 is 4.90 Å². The highest BCUT2D eigenvalue weighted by Gasteiger charge is 2.22. The second-order valence-electron chi connectivity index (χ2n) is 19.3. The summed E-state index contributed by atoms with van der Waals surface area (Å²) < 4.78 is 7.32. The molecule has 344 valence electrons. The fourth-order valence-electron chi connectivity index (χ4n) is 11.2. The van der Waals surface area contributed by atoms with Crippen molar-refractivity contribution >= 4 is 82.5 Å². The number of para-hydroxylation sites is 3. The van der Waals surface area contributed by atoms with Gasteiger partial charge in [-0.05, 0) is 164 Å². The van der Waals surface area contributed by atoms with E-state index in [2.05, 4.69) is 240 Å². The van der Waals surface area contributed by atoms with E-state index in [1.54, 1.807) is 0 Å². The van der Waals surface area contributed by atoms with Crippen molar-refractivity contribution < 1.29 is 0 Å². The molecule has 0 bridgehead atoms. The monoisotopic (exact) mass is 908 g/mol. The van der Waals surface area contributed by atoms with Gasteiger partial charge in [-0.2, -0.15) is 0 Å². The van der Waals surface area contributed by atoms with Crippen LogP contribution in [0.15, 0.2) is 200 Å². The van der Waals surface area contributed by atoms with Gasteiger partial charge in [0.25, 0.3) is 0 Å². The number of hydrogen-bond acceptors (Lipinski definition) is 1. The molecule has 0 unspecified atom stereocenters. The Labute approximate surface area is 411 Å². The molecule has 0 fully saturated rings.